The number of ether oxygens (including phenoxy) is 1. The molecule has 0 spiro atoms. The Balaban J connectivity index is 2.14. The average molecular weight is 266 g/mol. The zero-order chi connectivity index (χ0) is 13.2. The zero-order valence-electron chi connectivity index (χ0n) is 10.7. The van der Waals surface area contributed by atoms with E-state index in [0.29, 0.717) is 11.9 Å². The van der Waals surface area contributed by atoms with Crippen LogP contribution < -0.4 is 0 Å². The molecule has 0 saturated carbocycles. The van der Waals surface area contributed by atoms with Gasteiger partial charge in [-0.3, -0.25) is 4.79 Å². The highest BCUT2D eigenvalue weighted by Gasteiger charge is 2.42. The molecule has 2 rings (SSSR count). The first-order valence-electron chi connectivity index (χ1n) is 6.15. The van der Waals surface area contributed by atoms with Gasteiger partial charge < -0.3 is 9.84 Å². The lowest BCUT2D eigenvalue weighted by Gasteiger charge is -2.41. The van der Waals surface area contributed by atoms with E-state index in [2.05, 4.69) is 13.8 Å². The van der Waals surface area contributed by atoms with Gasteiger partial charge in [-0.2, -0.15) is 0 Å². The van der Waals surface area contributed by atoms with E-state index in [0.717, 1.165) is 12.0 Å². The Morgan fingerprint density at radius 2 is 2.06 bits per heavy atom. The number of aliphatic carboxylic acids is 1. The van der Waals surface area contributed by atoms with E-state index < -0.39 is 11.6 Å². The highest BCUT2D eigenvalue weighted by Crippen LogP contribution is 2.41. The van der Waals surface area contributed by atoms with Crippen LogP contribution in [0.25, 0.3) is 0 Å². The van der Waals surface area contributed by atoms with Crippen LogP contribution in [0.2, 0.25) is 0 Å². The van der Waals surface area contributed by atoms with Crippen LogP contribution in [0.1, 0.15) is 32.3 Å². The number of rotatable bonds is 5. The summed E-state index contributed by atoms with van der Waals surface area (Å²) < 4.78 is 5.55. The van der Waals surface area contributed by atoms with Gasteiger partial charge in [-0.05, 0) is 17.7 Å². The van der Waals surface area contributed by atoms with E-state index in [9.17, 15) is 4.79 Å². The number of hydrogen-bond acceptors (Lipinski definition) is 3. The molecule has 1 fully saturated rings. The highest BCUT2D eigenvalue weighted by molar-refractivity contribution is 7.99. The molecule has 4 heteroatoms. The Labute approximate surface area is 112 Å². The molecule has 1 unspecified atom stereocenters. The lowest BCUT2D eigenvalue weighted by Crippen LogP contribution is -2.42. The zero-order valence-corrected chi connectivity index (χ0v) is 11.5. The minimum atomic E-state index is -0.810. The molecule has 1 heterocycles. The van der Waals surface area contributed by atoms with Crippen molar-refractivity contribution in [2.24, 2.45) is 0 Å². The first-order valence-corrected chi connectivity index (χ1v) is 7.03. The largest absolute Gasteiger partial charge is 0.481 e. The molecule has 1 N–H and O–H groups in total. The van der Waals surface area contributed by atoms with Crippen LogP contribution in [0.5, 0.6) is 0 Å². The van der Waals surface area contributed by atoms with Gasteiger partial charge in [0.15, 0.2) is 0 Å². The fourth-order valence-electron chi connectivity index (χ4n) is 2.17. The standard InChI is InChI=1S/C14H18O3S/c1-10(2)18-12-5-3-11(4-6-12)14(7-8-17-14)9-13(15)16/h3-6,10H,7-9H2,1-2H3,(H,15,16). The van der Waals surface area contributed by atoms with Gasteiger partial charge >= 0.3 is 5.97 Å². The summed E-state index contributed by atoms with van der Waals surface area (Å²) in [5.74, 6) is -0.810. The molecule has 0 aromatic heterocycles. The van der Waals surface area contributed by atoms with Crippen molar-refractivity contribution in [1.82, 2.24) is 0 Å². The minimum Gasteiger partial charge on any atom is -0.481 e. The number of hydrogen-bond donors (Lipinski definition) is 1. The summed E-state index contributed by atoms with van der Waals surface area (Å²) >= 11 is 1.80. The van der Waals surface area contributed by atoms with Crippen molar-refractivity contribution in [3.8, 4) is 0 Å². The maximum atomic E-state index is 10.9. The van der Waals surface area contributed by atoms with Crippen LogP contribution in [-0.2, 0) is 15.1 Å². The second kappa shape index (κ2) is 5.33. The fraction of sp³-hybridized carbons (Fsp3) is 0.500. The summed E-state index contributed by atoms with van der Waals surface area (Å²) in [5.41, 5.74) is 0.386. The smallest absolute Gasteiger partial charge is 0.306 e. The molecule has 1 aromatic rings. The van der Waals surface area contributed by atoms with E-state index in [1.54, 1.807) is 11.8 Å². The molecule has 1 aromatic carbocycles. The van der Waals surface area contributed by atoms with Gasteiger partial charge in [0.05, 0.1) is 13.0 Å². The van der Waals surface area contributed by atoms with Crippen LogP contribution in [0.4, 0.5) is 0 Å². The molecule has 0 bridgehead atoms. The van der Waals surface area contributed by atoms with E-state index in [-0.39, 0.29) is 6.42 Å². The van der Waals surface area contributed by atoms with Gasteiger partial charge in [0.25, 0.3) is 0 Å². The van der Waals surface area contributed by atoms with Crippen molar-refractivity contribution in [1.29, 1.82) is 0 Å². The Morgan fingerprint density at radius 1 is 1.44 bits per heavy atom. The minimum absolute atomic E-state index is 0.0453. The average Bonchev–Trinajstić information content (AvgIpc) is 2.24. The maximum Gasteiger partial charge on any atom is 0.306 e. The summed E-state index contributed by atoms with van der Waals surface area (Å²) in [6, 6.07) is 8.08. The summed E-state index contributed by atoms with van der Waals surface area (Å²) in [4.78, 5) is 12.1. The van der Waals surface area contributed by atoms with Crippen molar-refractivity contribution >= 4 is 17.7 Å². The molecular formula is C14H18O3S. The van der Waals surface area contributed by atoms with Crippen molar-refractivity contribution in [2.75, 3.05) is 6.61 Å². The molecule has 0 aliphatic carbocycles. The topological polar surface area (TPSA) is 46.5 Å². The fourth-order valence-corrected chi connectivity index (χ4v) is 3.01. The second-order valence-corrected chi connectivity index (χ2v) is 6.50. The molecule has 1 aliphatic rings. The van der Waals surface area contributed by atoms with Crippen LogP contribution >= 0.6 is 11.8 Å². The van der Waals surface area contributed by atoms with Crippen molar-refractivity contribution in [3.05, 3.63) is 29.8 Å². The molecule has 1 atom stereocenters. The Morgan fingerprint density at radius 3 is 2.44 bits per heavy atom. The molecule has 1 aliphatic heterocycles. The monoisotopic (exact) mass is 266 g/mol. The van der Waals surface area contributed by atoms with Crippen LogP contribution in [0.3, 0.4) is 0 Å². The predicted octanol–water partition coefficient (Wildman–Crippen LogP) is 3.28. The summed E-state index contributed by atoms with van der Waals surface area (Å²) in [6.07, 6.45) is 0.833. The number of carboxylic acids is 1. The Bertz CT molecular complexity index is 421. The quantitative estimate of drug-likeness (QED) is 0.831. The normalized spacial score (nSPS) is 22.8. The van der Waals surface area contributed by atoms with Gasteiger partial charge in [0.1, 0.15) is 5.60 Å². The molecule has 0 radical (unpaired) electrons. The number of thioether (sulfide) groups is 1. The molecule has 3 nitrogen and oxygen atoms in total. The third kappa shape index (κ3) is 2.87. The van der Waals surface area contributed by atoms with Gasteiger partial charge in [-0.15, -0.1) is 11.8 Å². The predicted molar refractivity (Wildman–Crippen MR) is 71.9 cm³/mol. The summed E-state index contributed by atoms with van der Waals surface area (Å²) in [6.45, 7) is 4.95. The number of benzene rings is 1. The molecule has 98 valence electrons. The van der Waals surface area contributed by atoms with E-state index >= 15 is 0 Å². The lowest BCUT2D eigenvalue weighted by molar-refractivity contribution is -0.176. The molecule has 0 amide bonds. The third-order valence-electron chi connectivity index (χ3n) is 3.07. The SMILES string of the molecule is CC(C)Sc1ccc(C2(CC(=O)O)CCO2)cc1. The lowest BCUT2D eigenvalue weighted by atomic mass is 9.83. The second-order valence-electron chi connectivity index (χ2n) is 4.85. The van der Waals surface area contributed by atoms with Gasteiger partial charge in [0, 0.05) is 16.6 Å². The maximum absolute atomic E-state index is 10.9. The van der Waals surface area contributed by atoms with Crippen molar-refractivity contribution in [3.63, 3.8) is 0 Å². The Hall–Kier alpha value is -1.00. The van der Waals surface area contributed by atoms with Crippen molar-refractivity contribution < 1.29 is 14.6 Å². The highest BCUT2D eigenvalue weighted by atomic mass is 32.2. The van der Waals surface area contributed by atoms with Gasteiger partial charge in [-0.25, -0.2) is 0 Å². The van der Waals surface area contributed by atoms with Crippen LogP contribution in [0.15, 0.2) is 29.2 Å². The van der Waals surface area contributed by atoms with Gasteiger partial charge in [0.2, 0.25) is 0 Å². The van der Waals surface area contributed by atoms with E-state index in [4.69, 9.17) is 9.84 Å². The number of carbonyl (C=O) groups is 1. The van der Waals surface area contributed by atoms with E-state index in [1.807, 2.05) is 24.3 Å². The first-order chi connectivity index (χ1) is 8.52. The first kappa shape index (κ1) is 13.4. The van der Waals surface area contributed by atoms with Crippen molar-refractivity contribution in [2.45, 2.75) is 42.4 Å². The molecule has 1 saturated heterocycles. The van der Waals surface area contributed by atoms with E-state index in [1.165, 1.54) is 4.90 Å². The van der Waals surface area contributed by atoms with Crippen LogP contribution in [-0.4, -0.2) is 22.9 Å². The van der Waals surface area contributed by atoms with Gasteiger partial charge in [-0.1, -0.05) is 26.0 Å². The summed E-state index contributed by atoms with van der Waals surface area (Å²) in [5, 5.41) is 9.51. The number of carboxylic acid groups (broad SMARTS) is 1. The molecule has 18 heavy (non-hydrogen) atoms. The molecular weight excluding hydrogens is 248 g/mol. The van der Waals surface area contributed by atoms with Crippen LogP contribution in [0, 0.1) is 0 Å². The Kier molecular flexibility index (Phi) is 3.97. The summed E-state index contributed by atoms with van der Waals surface area (Å²) in [7, 11) is 0. The third-order valence-corrected chi connectivity index (χ3v) is 4.09.